The predicted molar refractivity (Wildman–Crippen MR) is 76.5 cm³/mol. The van der Waals surface area contributed by atoms with Crippen molar-refractivity contribution in [2.24, 2.45) is 0 Å². The Morgan fingerprint density at radius 2 is 2.00 bits per heavy atom. The largest absolute Gasteiger partial charge is 0.508 e. The fourth-order valence-corrected chi connectivity index (χ4v) is 1.99. The summed E-state index contributed by atoms with van der Waals surface area (Å²) >= 11 is 1.78. The van der Waals surface area contributed by atoms with Gasteiger partial charge in [0.15, 0.2) is 0 Å². The molecule has 0 saturated carbocycles. The Hall–Kier alpha value is -1.42. The van der Waals surface area contributed by atoms with Crippen molar-refractivity contribution in [2.75, 3.05) is 6.26 Å². The Morgan fingerprint density at radius 1 is 1.28 bits per heavy atom. The van der Waals surface area contributed by atoms with Crippen LogP contribution in [0.4, 0.5) is 0 Å². The second-order valence-electron chi connectivity index (χ2n) is 4.83. The Balaban J connectivity index is 2.38. The van der Waals surface area contributed by atoms with Crippen LogP contribution < -0.4 is 0 Å². The molecule has 1 aromatic heterocycles. The number of hydrogen-bond acceptors (Lipinski definition) is 3. The van der Waals surface area contributed by atoms with Gasteiger partial charge in [0.05, 0.1) is 16.1 Å². The highest BCUT2D eigenvalue weighted by Gasteiger charge is 2.22. The summed E-state index contributed by atoms with van der Waals surface area (Å²) in [5.74, 6) is 0.315. The first-order chi connectivity index (χ1) is 8.44. The summed E-state index contributed by atoms with van der Waals surface area (Å²) < 4.78 is 1.86. The summed E-state index contributed by atoms with van der Waals surface area (Å²) in [5.41, 5.74) is 2.88. The molecule has 1 aromatic carbocycles. The molecule has 3 nitrogen and oxygen atoms in total. The highest BCUT2D eigenvalue weighted by atomic mass is 32.2. The first-order valence-corrected chi connectivity index (χ1v) is 7.08. The minimum absolute atomic E-state index is 0.0111. The summed E-state index contributed by atoms with van der Waals surface area (Å²) in [6.45, 7) is 6.20. The molecule has 0 unspecified atom stereocenters. The van der Waals surface area contributed by atoms with Gasteiger partial charge in [-0.2, -0.15) is 16.9 Å². The highest BCUT2D eigenvalue weighted by molar-refractivity contribution is 7.99. The van der Waals surface area contributed by atoms with Crippen molar-refractivity contribution in [3.8, 4) is 11.4 Å². The van der Waals surface area contributed by atoms with E-state index in [1.165, 1.54) is 0 Å². The van der Waals surface area contributed by atoms with Crippen molar-refractivity contribution in [1.29, 1.82) is 0 Å². The average Bonchev–Trinajstić information content (AvgIpc) is 2.83. The molecule has 0 aliphatic heterocycles. The van der Waals surface area contributed by atoms with Crippen molar-refractivity contribution >= 4 is 11.8 Å². The molecule has 0 amide bonds. The molecule has 0 spiro atoms. The zero-order valence-electron chi connectivity index (χ0n) is 11.1. The van der Waals surface area contributed by atoms with Crippen molar-refractivity contribution in [1.82, 2.24) is 9.78 Å². The quantitative estimate of drug-likeness (QED) is 0.920. The second-order valence-corrected chi connectivity index (χ2v) is 6.26. The van der Waals surface area contributed by atoms with Crippen LogP contribution >= 0.6 is 11.8 Å². The van der Waals surface area contributed by atoms with Crippen LogP contribution in [0.3, 0.4) is 0 Å². The number of aromatic hydroxyl groups is 1. The van der Waals surface area contributed by atoms with Crippen molar-refractivity contribution in [3.63, 3.8) is 0 Å². The third-order valence-corrected chi connectivity index (χ3v) is 4.39. The summed E-state index contributed by atoms with van der Waals surface area (Å²) in [6.07, 6.45) is 4.04. The number of phenolic OH excluding ortho intramolecular Hbond substituents is 1. The number of nitrogens with zero attached hydrogens (tertiary/aromatic N) is 2. The van der Waals surface area contributed by atoms with E-state index < -0.39 is 0 Å². The van der Waals surface area contributed by atoms with E-state index in [0.717, 1.165) is 16.9 Å². The molecule has 0 aliphatic carbocycles. The number of hydrogen-bond donors (Lipinski definition) is 1. The average molecular weight is 262 g/mol. The van der Waals surface area contributed by atoms with Crippen LogP contribution in [0.1, 0.15) is 25.1 Å². The van der Waals surface area contributed by atoms with Crippen LogP contribution in [0.5, 0.6) is 5.75 Å². The van der Waals surface area contributed by atoms with E-state index in [2.05, 4.69) is 25.2 Å². The molecule has 0 saturated heterocycles. The summed E-state index contributed by atoms with van der Waals surface area (Å²) in [5, 5.41) is 14.1. The Morgan fingerprint density at radius 3 is 2.61 bits per heavy atom. The molecule has 0 bridgehead atoms. The van der Waals surface area contributed by atoms with E-state index in [1.807, 2.05) is 36.0 Å². The Kier molecular flexibility index (Phi) is 3.39. The van der Waals surface area contributed by atoms with E-state index in [-0.39, 0.29) is 4.75 Å². The molecule has 18 heavy (non-hydrogen) atoms. The third-order valence-electron chi connectivity index (χ3n) is 3.16. The molecule has 0 fully saturated rings. The Bertz CT molecular complexity index is 561. The van der Waals surface area contributed by atoms with Gasteiger partial charge in [-0.3, -0.25) is 0 Å². The van der Waals surface area contributed by atoms with Gasteiger partial charge in [0.25, 0.3) is 0 Å². The predicted octanol–water partition coefficient (Wildman–Crippen LogP) is 3.48. The molecule has 96 valence electrons. The van der Waals surface area contributed by atoms with Crippen LogP contribution in [0, 0.1) is 6.92 Å². The van der Waals surface area contributed by atoms with Crippen molar-refractivity contribution in [3.05, 3.63) is 41.7 Å². The van der Waals surface area contributed by atoms with Gasteiger partial charge in [-0.1, -0.05) is 0 Å². The zero-order chi connectivity index (χ0) is 13.3. The molecule has 0 aliphatic rings. The minimum Gasteiger partial charge on any atom is -0.508 e. The molecule has 1 N–H and O–H groups in total. The van der Waals surface area contributed by atoms with E-state index >= 15 is 0 Å². The lowest BCUT2D eigenvalue weighted by atomic mass is 10.1. The van der Waals surface area contributed by atoms with E-state index in [1.54, 1.807) is 17.8 Å². The lowest BCUT2D eigenvalue weighted by Gasteiger charge is -2.18. The van der Waals surface area contributed by atoms with Crippen LogP contribution in [0.2, 0.25) is 0 Å². The standard InChI is InChI=1S/C14H18N2OS/c1-10-9-11(5-6-12(10)17)16-8-7-13(15-16)14(2,3)18-4/h5-9,17H,1-4H3. The lowest BCUT2D eigenvalue weighted by molar-refractivity contribution is 0.471. The van der Waals surface area contributed by atoms with Gasteiger partial charge in [0.1, 0.15) is 5.75 Å². The number of phenols is 1. The van der Waals surface area contributed by atoms with Gasteiger partial charge in [0, 0.05) is 6.20 Å². The highest BCUT2D eigenvalue weighted by Crippen LogP contribution is 2.32. The maximum absolute atomic E-state index is 9.53. The lowest BCUT2D eigenvalue weighted by Crippen LogP contribution is -2.12. The van der Waals surface area contributed by atoms with Gasteiger partial charge < -0.3 is 5.11 Å². The van der Waals surface area contributed by atoms with Gasteiger partial charge >= 0.3 is 0 Å². The van der Waals surface area contributed by atoms with Crippen molar-refractivity contribution in [2.45, 2.75) is 25.5 Å². The van der Waals surface area contributed by atoms with E-state index in [0.29, 0.717) is 5.75 Å². The second kappa shape index (κ2) is 4.69. The maximum atomic E-state index is 9.53. The summed E-state index contributed by atoms with van der Waals surface area (Å²) in [7, 11) is 0. The SMILES string of the molecule is CSC(C)(C)c1ccn(-c2ccc(O)c(C)c2)n1. The van der Waals surface area contributed by atoms with Gasteiger partial charge in [-0.15, -0.1) is 0 Å². The van der Waals surface area contributed by atoms with Gasteiger partial charge in [-0.25, -0.2) is 4.68 Å². The monoisotopic (exact) mass is 262 g/mol. The van der Waals surface area contributed by atoms with E-state index in [9.17, 15) is 5.11 Å². The molecular weight excluding hydrogens is 244 g/mol. The first kappa shape index (κ1) is 13.0. The number of aromatic nitrogens is 2. The molecule has 2 rings (SSSR count). The minimum atomic E-state index is 0.0111. The van der Waals surface area contributed by atoms with Crippen LogP contribution in [0.15, 0.2) is 30.5 Å². The first-order valence-electron chi connectivity index (χ1n) is 5.85. The molecular formula is C14H18N2OS. The fourth-order valence-electron chi connectivity index (χ4n) is 1.68. The molecule has 0 radical (unpaired) electrons. The summed E-state index contributed by atoms with van der Waals surface area (Å²) in [4.78, 5) is 0. The maximum Gasteiger partial charge on any atom is 0.118 e. The number of rotatable bonds is 3. The number of thioether (sulfide) groups is 1. The third kappa shape index (κ3) is 2.38. The molecule has 1 heterocycles. The number of aryl methyl sites for hydroxylation is 1. The molecule has 2 aromatic rings. The summed E-state index contributed by atoms with van der Waals surface area (Å²) in [6, 6.07) is 7.54. The van der Waals surface area contributed by atoms with Crippen molar-refractivity contribution < 1.29 is 5.11 Å². The zero-order valence-corrected chi connectivity index (χ0v) is 12.0. The Labute approximate surface area is 112 Å². The normalized spacial score (nSPS) is 11.8. The number of benzene rings is 1. The van der Waals surface area contributed by atoms with Gasteiger partial charge in [-0.05, 0) is 56.9 Å². The van der Waals surface area contributed by atoms with Crippen LogP contribution in [-0.4, -0.2) is 21.1 Å². The van der Waals surface area contributed by atoms with E-state index in [4.69, 9.17) is 0 Å². The van der Waals surface area contributed by atoms with Crippen LogP contribution in [-0.2, 0) is 4.75 Å². The smallest absolute Gasteiger partial charge is 0.118 e. The van der Waals surface area contributed by atoms with Gasteiger partial charge in [0.2, 0.25) is 0 Å². The topological polar surface area (TPSA) is 38.0 Å². The molecule has 4 heteroatoms. The fraction of sp³-hybridized carbons (Fsp3) is 0.357. The molecule has 0 atom stereocenters. The van der Waals surface area contributed by atoms with Crippen LogP contribution in [0.25, 0.3) is 5.69 Å².